The Labute approximate surface area is 196 Å². The van der Waals surface area contributed by atoms with Gasteiger partial charge >= 0.3 is 6.18 Å². The number of thioether (sulfide) groups is 1. The number of nitrogens with zero attached hydrogens (tertiary/aromatic N) is 4. The molecule has 2 heterocycles. The molecule has 1 aliphatic carbocycles. The lowest BCUT2D eigenvalue weighted by Crippen LogP contribution is -2.08. The lowest BCUT2D eigenvalue weighted by Gasteiger charge is -2.20. The van der Waals surface area contributed by atoms with Crippen molar-refractivity contribution in [2.24, 2.45) is 18.9 Å². The van der Waals surface area contributed by atoms with E-state index in [-0.39, 0.29) is 11.6 Å². The van der Waals surface area contributed by atoms with Crippen molar-refractivity contribution in [1.82, 2.24) is 19.7 Å². The standard InChI is InChI=1S/C22H24F4N4S.C2H6/c1-5-31-17-10-16(15-8-6-14(7-9-15)13(2)3)12-27-20(17)21-29-28-19(30(21)4)11-18(23)22(24,25)26;1-2/h6,8-14H,5,7H2,1-4H3;1-2H3/b18-11-;. The maximum atomic E-state index is 13.3. The second-order valence-electron chi connectivity index (χ2n) is 7.60. The van der Waals surface area contributed by atoms with Crippen LogP contribution in [0.2, 0.25) is 0 Å². The zero-order valence-electron chi connectivity index (χ0n) is 19.7. The molecule has 0 N–H and O–H groups in total. The van der Waals surface area contributed by atoms with Crippen molar-refractivity contribution in [3.8, 4) is 11.5 Å². The van der Waals surface area contributed by atoms with Gasteiger partial charge in [-0.2, -0.15) is 13.2 Å². The van der Waals surface area contributed by atoms with Crippen LogP contribution in [-0.2, 0) is 7.05 Å². The molecule has 0 spiro atoms. The molecule has 3 rings (SSSR count). The fourth-order valence-corrected chi connectivity index (χ4v) is 4.05. The maximum absolute atomic E-state index is 13.3. The summed E-state index contributed by atoms with van der Waals surface area (Å²) in [5, 5.41) is 7.67. The highest BCUT2D eigenvalue weighted by Crippen LogP contribution is 2.34. The predicted molar refractivity (Wildman–Crippen MR) is 127 cm³/mol. The largest absolute Gasteiger partial charge is 0.443 e. The number of rotatable bonds is 6. The van der Waals surface area contributed by atoms with Crippen LogP contribution in [0.4, 0.5) is 17.6 Å². The van der Waals surface area contributed by atoms with Gasteiger partial charge in [-0.3, -0.25) is 4.98 Å². The lowest BCUT2D eigenvalue weighted by atomic mass is 9.86. The van der Waals surface area contributed by atoms with Crippen molar-refractivity contribution >= 4 is 23.4 Å². The van der Waals surface area contributed by atoms with Crippen LogP contribution >= 0.6 is 11.8 Å². The molecule has 0 amide bonds. The fraction of sp³-hybridized carbons (Fsp3) is 0.458. The van der Waals surface area contributed by atoms with Crippen molar-refractivity contribution in [1.29, 1.82) is 0 Å². The summed E-state index contributed by atoms with van der Waals surface area (Å²) in [5.74, 6) is -0.325. The molecule has 4 nitrogen and oxygen atoms in total. The van der Waals surface area contributed by atoms with Crippen molar-refractivity contribution in [2.75, 3.05) is 5.75 Å². The molecular formula is C24H30F4N4S. The van der Waals surface area contributed by atoms with Gasteiger partial charge < -0.3 is 4.57 Å². The maximum Gasteiger partial charge on any atom is 0.443 e. The Kier molecular flexibility index (Phi) is 9.46. The minimum Gasteiger partial charge on any atom is -0.309 e. The van der Waals surface area contributed by atoms with E-state index in [9.17, 15) is 17.6 Å². The molecule has 0 saturated carbocycles. The lowest BCUT2D eigenvalue weighted by molar-refractivity contribution is -0.107. The number of alkyl halides is 3. The molecule has 0 radical (unpaired) electrons. The van der Waals surface area contributed by atoms with Gasteiger partial charge in [0, 0.05) is 29.8 Å². The van der Waals surface area contributed by atoms with Crippen molar-refractivity contribution in [3.63, 3.8) is 0 Å². The predicted octanol–water partition coefficient (Wildman–Crippen LogP) is 7.50. The molecule has 2 aromatic heterocycles. The van der Waals surface area contributed by atoms with E-state index in [0.29, 0.717) is 23.6 Å². The Hall–Kier alpha value is -2.42. The van der Waals surface area contributed by atoms with E-state index in [1.165, 1.54) is 11.6 Å². The minimum atomic E-state index is -5.06. The monoisotopic (exact) mass is 482 g/mol. The van der Waals surface area contributed by atoms with Crippen molar-refractivity contribution < 1.29 is 17.6 Å². The topological polar surface area (TPSA) is 43.6 Å². The zero-order chi connectivity index (χ0) is 24.8. The third kappa shape index (κ3) is 6.56. The molecule has 9 heteroatoms. The summed E-state index contributed by atoms with van der Waals surface area (Å²) >= 11 is 1.55. The number of aromatic nitrogens is 4. The Morgan fingerprint density at radius 2 is 1.97 bits per heavy atom. The Morgan fingerprint density at radius 1 is 1.27 bits per heavy atom. The quantitative estimate of drug-likeness (QED) is 0.316. The summed E-state index contributed by atoms with van der Waals surface area (Å²) < 4.78 is 52.2. The molecule has 0 aliphatic heterocycles. The molecule has 33 heavy (non-hydrogen) atoms. The van der Waals surface area contributed by atoms with Crippen LogP contribution in [0.15, 0.2) is 41.2 Å². The van der Waals surface area contributed by atoms with Crippen molar-refractivity contribution in [3.05, 3.63) is 47.7 Å². The number of pyridine rings is 1. The minimum absolute atomic E-state index is 0.235. The molecule has 0 saturated heterocycles. The first-order chi connectivity index (χ1) is 15.6. The number of hydrogen-bond acceptors (Lipinski definition) is 4. The molecule has 1 unspecified atom stereocenters. The average molecular weight is 483 g/mol. The molecule has 0 bridgehead atoms. The number of allylic oxidation sites excluding steroid dienone is 5. The fourth-order valence-electron chi connectivity index (χ4n) is 3.25. The van der Waals surface area contributed by atoms with Crippen LogP contribution in [0.25, 0.3) is 23.2 Å². The molecule has 1 aliphatic rings. The van der Waals surface area contributed by atoms with Crippen LogP contribution < -0.4 is 0 Å². The zero-order valence-corrected chi connectivity index (χ0v) is 20.6. The average Bonchev–Trinajstić information content (AvgIpc) is 3.14. The van der Waals surface area contributed by atoms with Crippen LogP contribution in [0.5, 0.6) is 0 Å². The first-order valence-electron chi connectivity index (χ1n) is 11.0. The second-order valence-corrected chi connectivity index (χ2v) is 8.90. The van der Waals surface area contributed by atoms with E-state index < -0.39 is 12.0 Å². The van der Waals surface area contributed by atoms with Gasteiger partial charge in [0.1, 0.15) is 5.69 Å². The van der Waals surface area contributed by atoms with Crippen molar-refractivity contribution in [2.45, 2.75) is 52.1 Å². The molecule has 180 valence electrons. The highest BCUT2D eigenvalue weighted by molar-refractivity contribution is 7.99. The summed E-state index contributed by atoms with van der Waals surface area (Å²) in [7, 11) is 1.49. The summed E-state index contributed by atoms with van der Waals surface area (Å²) in [4.78, 5) is 5.38. The van der Waals surface area contributed by atoms with Crippen LogP contribution in [-0.4, -0.2) is 31.7 Å². The summed E-state index contributed by atoms with van der Waals surface area (Å²) in [6, 6.07) is 2.00. The van der Waals surface area contributed by atoms with Gasteiger partial charge in [0.15, 0.2) is 11.6 Å². The van der Waals surface area contributed by atoms with E-state index in [1.807, 2.05) is 26.8 Å². The third-order valence-electron chi connectivity index (χ3n) is 5.12. The van der Waals surface area contributed by atoms with Gasteiger partial charge in [0.25, 0.3) is 0 Å². The summed E-state index contributed by atoms with van der Waals surface area (Å²) in [5.41, 5.74) is 2.55. The first kappa shape index (κ1) is 26.8. The van der Waals surface area contributed by atoms with Gasteiger partial charge in [0.2, 0.25) is 5.83 Å². The summed E-state index contributed by atoms with van der Waals surface area (Å²) in [6.07, 6.45) is 4.48. The van der Waals surface area contributed by atoms with Gasteiger partial charge in [-0.25, -0.2) is 4.39 Å². The van der Waals surface area contributed by atoms with Crippen LogP contribution in [0.3, 0.4) is 0 Å². The van der Waals surface area contributed by atoms with Gasteiger partial charge in [-0.15, -0.1) is 22.0 Å². The van der Waals surface area contributed by atoms with E-state index in [2.05, 4.69) is 47.3 Å². The normalized spacial score (nSPS) is 16.5. The molecule has 1 atom stereocenters. The van der Waals surface area contributed by atoms with E-state index >= 15 is 0 Å². The number of hydrogen-bond donors (Lipinski definition) is 0. The Morgan fingerprint density at radius 3 is 2.52 bits per heavy atom. The highest BCUT2D eigenvalue weighted by atomic mass is 32.2. The van der Waals surface area contributed by atoms with E-state index in [0.717, 1.165) is 28.2 Å². The van der Waals surface area contributed by atoms with Gasteiger partial charge in [-0.05, 0) is 35.6 Å². The van der Waals surface area contributed by atoms with Gasteiger partial charge in [0.05, 0.1) is 0 Å². The van der Waals surface area contributed by atoms with Gasteiger partial charge in [-0.1, -0.05) is 52.8 Å². The molecule has 0 aromatic carbocycles. The molecule has 0 fully saturated rings. The Bertz CT molecular complexity index is 1040. The molecular weight excluding hydrogens is 452 g/mol. The second kappa shape index (κ2) is 11.6. The summed E-state index contributed by atoms with van der Waals surface area (Å²) in [6.45, 7) is 10.4. The molecule has 2 aromatic rings. The highest BCUT2D eigenvalue weighted by Gasteiger charge is 2.35. The van der Waals surface area contributed by atoms with E-state index in [4.69, 9.17) is 0 Å². The first-order valence-corrected chi connectivity index (χ1v) is 12.0. The SMILES string of the molecule is CC.CCSc1cc(C2=CCC(C(C)C)C=C2)cnc1-c1nnc(/C=C(\F)C(F)(F)F)n1C. The number of halogens is 4. The smallest absolute Gasteiger partial charge is 0.309 e. The van der Waals surface area contributed by atoms with E-state index in [1.54, 1.807) is 18.0 Å². The van der Waals surface area contributed by atoms with Crippen LogP contribution in [0, 0.1) is 11.8 Å². The van der Waals surface area contributed by atoms with Crippen LogP contribution in [0.1, 0.15) is 52.4 Å². The Balaban J connectivity index is 0.00000187. The third-order valence-corrected chi connectivity index (χ3v) is 6.03.